The monoisotopic (exact) mass is 396 g/mol. The number of halogens is 1. The van der Waals surface area contributed by atoms with Gasteiger partial charge in [0.2, 0.25) is 5.91 Å². The average Bonchev–Trinajstić information content (AvgIpc) is 2.66. The summed E-state index contributed by atoms with van der Waals surface area (Å²) in [6.07, 6.45) is 0. The third-order valence-corrected chi connectivity index (χ3v) is 4.30. The summed E-state index contributed by atoms with van der Waals surface area (Å²) in [7, 11) is 1.40. The number of aryl methyl sites for hydroxylation is 1. The van der Waals surface area contributed by atoms with Crippen molar-refractivity contribution in [3.8, 4) is 5.75 Å². The van der Waals surface area contributed by atoms with Gasteiger partial charge in [0.25, 0.3) is 11.5 Å². The first kappa shape index (κ1) is 19.9. The Labute approximate surface area is 164 Å². The minimum absolute atomic E-state index is 0.0576. The van der Waals surface area contributed by atoms with E-state index in [4.69, 9.17) is 4.74 Å². The van der Waals surface area contributed by atoms with Crippen molar-refractivity contribution in [2.45, 2.75) is 13.8 Å². The average molecular weight is 396 g/mol. The molecule has 0 aliphatic heterocycles. The van der Waals surface area contributed by atoms with Gasteiger partial charge in [-0.25, -0.2) is 9.29 Å². The Morgan fingerprint density at radius 2 is 1.69 bits per heavy atom. The van der Waals surface area contributed by atoms with Crippen molar-refractivity contribution in [3.63, 3.8) is 0 Å². The van der Waals surface area contributed by atoms with E-state index in [1.807, 2.05) is 0 Å². The highest BCUT2D eigenvalue weighted by atomic mass is 19.1. The quantitative estimate of drug-likeness (QED) is 0.636. The number of anilines is 1. The highest BCUT2D eigenvalue weighted by Crippen LogP contribution is 2.30. The molecule has 0 aliphatic carbocycles. The maximum absolute atomic E-state index is 13.9. The van der Waals surface area contributed by atoms with E-state index in [2.05, 4.69) is 0 Å². The Morgan fingerprint density at radius 3 is 2.28 bits per heavy atom. The minimum Gasteiger partial charge on any atom is -0.425 e. The molecule has 0 radical (unpaired) electrons. The van der Waals surface area contributed by atoms with Crippen molar-refractivity contribution in [2.24, 2.45) is 7.05 Å². The number of aromatic nitrogens is 1. The van der Waals surface area contributed by atoms with Gasteiger partial charge in [0, 0.05) is 26.3 Å². The predicted molar refractivity (Wildman–Crippen MR) is 104 cm³/mol. The molecule has 3 aromatic rings. The molecule has 0 aliphatic rings. The Hall–Kier alpha value is -3.81. The number of ether oxygens (including phenoxy) is 1. The van der Waals surface area contributed by atoms with Crippen molar-refractivity contribution in [3.05, 3.63) is 70.3 Å². The highest BCUT2D eigenvalue weighted by molar-refractivity contribution is 6.22. The molecule has 0 atom stereocenters. The fourth-order valence-corrected chi connectivity index (χ4v) is 3.06. The molecule has 0 bridgehead atoms. The fourth-order valence-electron chi connectivity index (χ4n) is 3.06. The summed E-state index contributed by atoms with van der Waals surface area (Å²) < 4.78 is 20.2. The van der Waals surface area contributed by atoms with Crippen LogP contribution in [-0.4, -0.2) is 22.4 Å². The van der Waals surface area contributed by atoms with E-state index in [1.54, 1.807) is 18.2 Å². The van der Waals surface area contributed by atoms with Crippen LogP contribution in [0.5, 0.6) is 5.75 Å². The predicted octanol–water partition coefficient (Wildman–Crippen LogP) is 2.80. The van der Waals surface area contributed by atoms with Crippen LogP contribution in [-0.2, 0) is 16.6 Å². The van der Waals surface area contributed by atoms with Gasteiger partial charge in [0.1, 0.15) is 11.4 Å². The van der Waals surface area contributed by atoms with Crippen LogP contribution in [0.3, 0.4) is 0 Å². The van der Waals surface area contributed by atoms with Crippen LogP contribution in [0, 0.1) is 5.82 Å². The third kappa shape index (κ3) is 3.64. The van der Waals surface area contributed by atoms with Crippen molar-refractivity contribution < 1.29 is 23.5 Å². The summed E-state index contributed by atoms with van der Waals surface area (Å²) in [5.41, 5.74) is -0.828. The molecule has 8 heteroatoms. The molecule has 29 heavy (non-hydrogen) atoms. The Kier molecular flexibility index (Phi) is 5.27. The standard InChI is InChI=1S/C21H17FN2O5/c1-12(25)24(15-7-5-4-6-8-15)21(28)18-19(29-13(2)26)16-11-14(22)9-10-17(16)23(3)20(18)27/h4-11H,1-3H3. The minimum atomic E-state index is -0.980. The maximum Gasteiger partial charge on any atom is 0.308 e. The van der Waals surface area contributed by atoms with Gasteiger partial charge in [-0.2, -0.15) is 0 Å². The third-order valence-electron chi connectivity index (χ3n) is 4.30. The van der Waals surface area contributed by atoms with Crippen LogP contribution < -0.4 is 15.2 Å². The normalized spacial score (nSPS) is 10.6. The molecule has 3 rings (SSSR count). The number of carbonyl (C=O) groups excluding carboxylic acids is 3. The first-order chi connectivity index (χ1) is 13.7. The Morgan fingerprint density at radius 1 is 1.03 bits per heavy atom. The van der Waals surface area contributed by atoms with Crippen molar-refractivity contribution in [1.29, 1.82) is 0 Å². The first-order valence-corrected chi connectivity index (χ1v) is 8.63. The van der Waals surface area contributed by atoms with Gasteiger partial charge in [-0.3, -0.25) is 19.2 Å². The van der Waals surface area contributed by atoms with Crippen LogP contribution in [0.1, 0.15) is 24.2 Å². The number of hydrogen-bond acceptors (Lipinski definition) is 5. The largest absolute Gasteiger partial charge is 0.425 e. The number of amides is 2. The van der Waals surface area contributed by atoms with Crippen LogP contribution in [0.4, 0.5) is 10.1 Å². The van der Waals surface area contributed by atoms with E-state index < -0.39 is 34.7 Å². The summed E-state index contributed by atoms with van der Waals surface area (Å²) >= 11 is 0. The fraction of sp³-hybridized carbons (Fsp3) is 0.143. The topological polar surface area (TPSA) is 85.7 Å². The molecule has 0 fully saturated rings. The smallest absolute Gasteiger partial charge is 0.308 e. The van der Waals surface area contributed by atoms with Crippen molar-refractivity contribution in [2.75, 3.05) is 4.90 Å². The lowest BCUT2D eigenvalue weighted by atomic mass is 10.1. The van der Waals surface area contributed by atoms with Gasteiger partial charge in [0.15, 0.2) is 5.75 Å². The Bertz CT molecular complexity index is 1200. The van der Waals surface area contributed by atoms with Gasteiger partial charge in [-0.05, 0) is 30.3 Å². The Balaban J connectivity index is 2.36. The molecule has 2 aromatic carbocycles. The summed E-state index contributed by atoms with van der Waals surface area (Å²) in [5.74, 6) is -3.45. The number of carbonyl (C=O) groups is 3. The molecule has 7 nitrogen and oxygen atoms in total. The summed E-state index contributed by atoms with van der Waals surface area (Å²) in [4.78, 5) is 51.0. The van der Waals surface area contributed by atoms with Crippen molar-refractivity contribution >= 4 is 34.4 Å². The van der Waals surface area contributed by atoms with Crippen LogP contribution in [0.2, 0.25) is 0 Å². The lowest BCUT2D eigenvalue weighted by Crippen LogP contribution is -2.40. The van der Waals surface area contributed by atoms with E-state index in [-0.39, 0.29) is 22.3 Å². The lowest BCUT2D eigenvalue weighted by Gasteiger charge is -2.21. The highest BCUT2D eigenvalue weighted by Gasteiger charge is 2.30. The first-order valence-electron chi connectivity index (χ1n) is 8.63. The number of imide groups is 1. The molecular formula is C21H17FN2O5. The van der Waals surface area contributed by atoms with Crippen molar-refractivity contribution in [1.82, 2.24) is 4.57 Å². The number of benzene rings is 2. The summed E-state index contributed by atoms with van der Waals surface area (Å²) in [5, 5.41) is 0.0576. The molecule has 0 unspecified atom stereocenters. The number of para-hydroxylation sites is 1. The molecule has 0 spiro atoms. The van der Waals surface area contributed by atoms with E-state index in [1.165, 1.54) is 32.2 Å². The van der Waals surface area contributed by atoms with E-state index in [9.17, 15) is 23.6 Å². The van der Waals surface area contributed by atoms with Gasteiger partial charge in [-0.1, -0.05) is 18.2 Å². The number of nitrogens with zero attached hydrogens (tertiary/aromatic N) is 2. The molecule has 1 heterocycles. The molecule has 0 saturated carbocycles. The number of fused-ring (bicyclic) bond motifs is 1. The number of hydrogen-bond donors (Lipinski definition) is 0. The van der Waals surface area contributed by atoms with Gasteiger partial charge >= 0.3 is 5.97 Å². The van der Waals surface area contributed by atoms with Crippen LogP contribution in [0.25, 0.3) is 10.9 Å². The second-order valence-corrected chi connectivity index (χ2v) is 6.32. The summed E-state index contributed by atoms with van der Waals surface area (Å²) in [6.45, 7) is 2.26. The molecular weight excluding hydrogens is 379 g/mol. The second-order valence-electron chi connectivity index (χ2n) is 6.32. The zero-order valence-corrected chi connectivity index (χ0v) is 15.9. The van der Waals surface area contributed by atoms with E-state index in [0.717, 1.165) is 28.5 Å². The van der Waals surface area contributed by atoms with Gasteiger partial charge in [0.05, 0.1) is 11.2 Å². The zero-order valence-electron chi connectivity index (χ0n) is 15.9. The van der Waals surface area contributed by atoms with Gasteiger partial charge in [-0.15, -0.1) is 0 Å². The zero-order chi connectivity index (χ0) is 21.3. The maximum atomic E-state index is 13.9. The number of pyridine rings is 1. The number of esters is 1. The SMILES string of the molecule is CC(=O)Oc1c(C(=O)N(C(C)=O)c2ccccc2)c(=O)n(C)c2ccc(F)cc12. The lowest BCUT2D eigenvalue weighted by molar-refractivity contribution is -0.131. The van der Waals surface area contributed by atoms with Crippen LogP contribution in [0.15, 0.2) is 53.3 Å². The molecule has 1 aromatic heterocycles. The molecule has 0 saturated heterocycles. The molecule has 2 amide bonds. The van der Waals surface area contributed by atoms with Crippen LogP contribution >= 0.6 is 0 Å². The molecule has 0 N–H and O–H groups in total. The number of rotatable bonds is 3. The van der Waals surface area contributed by atoms with E-state index >= 15 is 0 Å². The summed E-state index contributed by atoms with van der Waals surface area (Å²) in [6, 6.07) is 11.5. The second kappa shape index (κ2) is 7.67. The van der Waals surface area contributed by atoms with Gasteiger partial charge < -0.3 is 9.30 Å². The van der Waals surface area contributed by atoms with E-state index in [0.29, 0.717) is 0 Å². The molecule has 148 valence electrons.